The maximum absolute atomic E-state index is 12.8. The van der Waals surface area contributed by atoms with Crippen LogP contribution in [-0.2, 0) is 14.3 Å². The summed E-state index contributed by atoms with van der Waals surface area (Å²) in [6.07, 6.45) is 0.307. The van der Waals surface area contributed by atoms with Gasteiger partial charge in [0.05, 0.1) is 6.61 Å². The van der Waals surface area contributed by atoms with Crippen LogP contribution in [0.2, 0.25) is 0 Å². The maximum Gasteiger partial charge on any atom is 0.344 e. The van der Waals surface area contributed by atoms with Gasteiger partial charge in [0, 0.05) is 24.1 Å². The molecule has 0 aromatic heterocycles. The van der Waals surface area contributed by atoms with Gasteiger partial charge in [0.1, 0.15) is 5.75 Å². The Labute approximate surface area is 176 Å². The van der Waals surface area contributed by atoms with E-state index >= 15 is 0 Å². The topological polar surface area (TPSA) is 64.6 Å². The number of amides is 1. The molecule has 3 aromatic rings. The second-order valence-corrected chi connectivity index (χ2v) is 6.75. The minimum absolute atomic E-state index is 0.0457. The van der Waals surface area contributed by atoms with Crippen LogP contribution >= 0.6 is 0 Å². The maximum atomic E-state index is 12.8. The van der Waals surface area contributed by atoms with Crippen LogP contribution in [0.1, 0.15) is 30.4 Å². The van der Waals surface area contributed by atoms with E-state index in [-0.39, 0.29) is 18.4 Å². The van der Waals surface area contributed by atoms with Crippen LogP contribution in [-0.4, -0.2) is 25.1 Å². The molecule has 0 bridgehead atoms. The van der Waals surface area contributed by atoms with Gasteiger partial charge in [0.2, 0.25) is 5.91 Å². The van der Waals surface area contributed by atoms with Crippen LogP contribution in [0.4, 0.5) is 5.69 Å². The fourth-order valence-corrected chi connectivity index (χ4v) is 3.20. The van der Waals surface area contributed by atoms with Gasteiger partial charge in [-0.05, 0) is 30.2 Å². The van der Waals surface area contributed by atoms with Gasteiger partial charge < -0.3 is 14.8 Å². The minimum Gasteiger partial charge on any atom is -0.482 e. The first-order valence-electron chi connectivity index (χ1n) is 9.94. The van der Waals surface area contributed by atoms with Gasteiger partial charge in [-0.15, -0.1) is 0 Å². The van der Waals surface area contributed by atoms with Crippen molar-refractivity contribution in [1.29, 1.82) is 0 Å². The molecule has 0 atom stereocenters. The summed E-state index contributed by atoms with van der Waals surface area (Å²) in [4.78, 5) is 24.3. The van der Waals surface area contributed by atoms with Gasteiger partial charge >= 0.3 is 5.97 Å². The molecule has 3 rings (SSSR count). The number of carbonyl (C=O) groups excluding carboxylic acids is 2. The Morgan fingerprint density at radius 1 is 0.867 bits per heavy atom. The van der Waals surface area contributed by atoms with E-state index in [1.54, 1.807) is 31.2 Å². The molecular weight excluding hydrogens is 378 g/mol. The van der Waals surface area contributed by atoms with Gasteiger partial charge in [-0.2, -0.15) is 0 Å². The first kappa shape index (κ1) is 21.1. The number of nitrogens with one attached hydrogen (secondary N) is 1. The minimum atomic E-state index is -0.430. The van der Waals surface area contributed by atoms with E-state index in [0.717, 1.165) is 11.1 Å². The number of esters is 1. The molecule has 0 radical (unpaired) electrons. The van der Waals surface area contributed by atoms with Crippen LogP contribution in [0, 0.1) is 0 Å². The molecule has 0 saturated carbocycles. The number of anilines is 1. The monoisotopic (exact) mass is 403 g/mol. The summed E-state index contributed by atoms with van der Waals surface area (Å²) in [6.45, 7) is 1.88. The number of hydrogen-bond donors (Lipinski definition) is 1. The van der Waals surface area contributed by atoms with Crippen molar-refractivity contribution in [2.45, 2.75) is 19.3 Å². The van der Waals surface area contributed by atoms with Crippen LogP contribution < -0.4 is 10.1 Å². The Kier molecular flexibility index (Phi) is 7.61. The zero-order chi connectivity index (χ0) is 21.2. The van der Waals surface area contributed by atoms with Crippen LogP contribution in [0.3, 0.4) is 0 Å². The third-order valence-electron chi connectivity index (χ3n) is 4.57. The van der Waals surface area contributed by atoms with Crippen molar-refractivity contribution in [3.63, 3.8) is 0 Å². The Hall–Kier alpha value is -3.60. The molecule has 0 aliphatic carbocycles. The molecule has 30 heavy (non-hydrogen) atoms. The molecule has 154 valence electrons. The summed E-state index contributed by atoms with van der Waals surface area (Å²) in [5.41, 5.74) is 2.79. The van der Waals surface area contributed by atoms with Crippen molar-refractivity contribution in [1.82, 2.24) is 0 Å². The normalized spacial score (nSPS) is 10.5. The van der Waals surface area contributed by atoms with Crippen LogP contribution in [0.5, 0.6) is 5.75 Å². The number of ether oxygens (including phenoxy) is 2. The molecule has 1 N–H and O–H groups in total. The van der Waals surface area contributed by atoms with E-state index in [2.05, 4.69) is 5.32 Å². The first-order valence-corrected chi connectivity index (χ1v) is 9.94. The molecule has 1 amide bonds. The van der Waals surface area contributed by atoms with E-state index in [4.69, 9.17) is 9.47 Å². The SMILES string of the molecule is CCOC(=O)COc1cccc(NC(=O)CC(c2ccccc2)c2ccccc2)c1. The average Bonchev–Trinajstić information content (AvgIpc) is 2.78. The van der Waals surface area contributed by atoms with E-state index in [0.29, 0.717) is 24.5 Å². The average molecular weight is 403 g/mol. The molecule has 5 nitrogen and oxygen atoms in total. The largest absolute Gasteiger partial charge is 0.482 e. The lowest BCUT2D eigenvalue weighted by Gasteiger charge is -2.18. The lowest BCUT2D eigenvalue weighted by atomic mass is 9.88. The molecule has 0 aliphatic heterocycles. The standard InChI is InChI=1S/C25H25NO4/c1-2-29-25(28)18-30-22-15-9-14-21(16-22)26-24(27)17-23(19-10-5-3-6-11-19)20-12-7-4-8-13-20/h3-16,23H,2,17-18H2,1H3,(H,26,27). The summed E-state index contributed by atoms with van der Waals surface area (Å²) in [6, 6.07) is 27.0. The zero-order valence-electron chi connectivity index (χ0n) is 16.9. The van der Waals surface area contributed by atoms with Crippen molar-refractivity contribution in [2.75, 3.05) is 18.5 Å². The molecule has 0 unspecified atom stereocenters. The number of rotatable bonds is 9. The summed E-state index contributed by atoms with van der Waals surface area (Å²) < 4.78 is 10.3. The zero-order valence-corrected chi connectivity index (χ0v) is 16.9. The number of carbonyl (C=O) groups is 2. The smallest absolute Gasteiger partial charge is 0.344 e. The third kappa shape index (κ3) is 6.21. The molecule has 0 aliphatic rings. The Balaban J connectivity index is 1.67. The quantitative estimate of drug-likeness (QED) is 0.522. The first-order chi connectivity index (χ1) is 14.7. The number of hydrogen-bond acceptors (Lipinski definition) is 4. The highest BCUT2D eigenvalue weighted by Gasteiger charge is 2.18. The second kappa shape index (κ2) is 10.8. The van der Waals surface area contributed by atoms with Gasteiger partial charge in [-0.25, -0.2) is 4.79 Å². The Morgan fingerprint density at radius 3 is 2.10 bits per heavy atom. The summed E-state index contributed by atoms with van der Waals surface area (Å²) in [7, 11) is 0. The summed E-state index contributed by atoms with van der Waals surface area (Å²) in [5.74, 6) is -0.0880. The van der Waals surface area contributed by atoms with Crippen molar-refractivity contribution >= 4 is 17.6 Å². The summed E-state index contributed by atoms with van der Waals surface area (Å²) in [5, 5.41) is 2.93. The molecule has 0 spiro atoms. The second-order valence-electron chi connectivity index (χ2n) is 6.75. The fraction of sp³-hybridized carbons (Fsp3) is 0.200. The Morgan fingerprint density at radius 2 is 1.50 bits per heavy atom. The van der Waals surface area contributed by atoms with Gasteiger partial charge in [-0.1, -0.05) is 66.7 Å². The van der Waals surface area contributed by atoms with E-state index in [1.165, 1.54) is 0 Å². The van der Waals surface area contributed by atoms with Gasteiger partial charge in [-0.3, -0.25) is 4.79 Å². The lowest BCUT2D eigenvalue weighted by Crippen LogP contribution is -2.17. The molecule has 0 fully saturated rings. The van der Waals surface area contributed by atoms with Crippen LogP contribution in [0.15, 0.2) is 84.9 Å². The predicted molar refractivity (Wildman–Crippen MR) is 117 cm³/mol. The molecular formula is C25H25NO4. The third-order valence-corrected chi connectivity index (χ3v) is 4.57. The highest BCUT2D eigenvalue weighted by atomic mass is 16.6. The lowest BCUT2D eigenvalue weighted by molar-refractivity contribution is -0.145. The van der Waals surface area contributed by atoms with Crippen molar-refractivity contribution < 1.29 is 19.1 Å². The molecule has 0 heterocycles. The molecule has 3 aromatic carbocycles. The van der Waals surface area contributed by atoms with Crippen molar-refractivity contribution in [3.8, 4) is 5.75 Å². The van der Waals surface area contributed by atoms with Crippen molar-refractivity contribution in [2.24, 2.45) is 0 Å². The van der Waals surface area contributed by atoms with Crippen LogP contribution in [0.25, 0.3) is 0 Å². The molecule has 5 heteroatoms. The highest BCUT2D eigenvalue weighted by molar-refractivity contribution is 5.91. The van der Waals surface area contributed by atoms with Gasteiger partial charge in [0.25, 0.3) is 0 Å². The van der Waals surface area contributed by atoms with E-state index in [1.807, 2.05) is 60.7 Å². The number of benzene rings is 3. The van der Waals surface area contributed by atoms with E-state index < -0.39 is 5.97 Å². The van der Waals surface area contributed by atoms with Crippen molar-refractivity contribution in [3.05, 3.63) is 96.1 Å². The Bertz CT molecular complexity index is 918. The van der Waals surface area contributed by atoms with Gasteiger partial charge in [0.15, 0.2) is 6.61 Å². The molecule has 0 saturated heterocycles. The van der Waals surface area contributed by atoms with E-state index in [9.17, 15) is 9.59 Å². The highest BCUT2D eigenvalue weighted by Crippen LogP contribution is 2.28. The summed E-state index contributed by atoms with van der Waals surface area (Å²) >= 11 is 0. The predicted octanol–water partition coefficient (Wildman–Crippen LogP) is 4.79. The fourth-order valence-electron chi connectivity index (χ4n) is 3.20.